The van der Waals surface area contributed by atoms with Gasteiger partial charge in [0.15, 0.2) is 0 Å². The molecule has 1 aliphatic heterocycles. The van der Waals surface area contributed by atoms with Crippen LogP contribution in [-0.2, 0) is 11.2 Å². The zero-order valence-electron chi connectivity index (χ0n) is 11.2. The highest BCUT2D eigenvalue weighted by Crippen LogP contribution is 2.38. The second-order valence-electron chi connectivity index (χ2n) is 5.51. The van der Waals surface area contributed by atoms with E-state index in [-0.39, 0.29) is 11.5 Å². The molecule has 0 aromatic heterocycles. The van der Waals surface area contributed by atoms with Crippen LogP contribution in [0, 0.1) is 5.82 Å². The van der Waals surface area contributed by atoms with Gasteiger partial charge in [-0.15, -0.1) is 0 Å². The Morgan fingerprint density at radius 2 is 1.95 bits per heavy atom. The molecule has 1 heterocycles. The number of halogens is 1. The Hall–Kier alpha value is -2.49. The molecule has 1 unspecified atom stereocenters. The number of amides is 1. The quantitative estimate of drug-likeness (QED) is 0.794. The second kappa shape index (κ2) is 4.25. The van der Waals surface area contributed by atoms with E-state index in [0.717, 1.165) is 12.5 Å². The van der Waals surface area contributed by atoms with Crippen LogP contribution in [0.15, 0.2) is 42.5 Å². The molecule has 104 valence electrons. The van der Waals surface area contributed by atoms with Crippen LogP contribution in [0.3, 0.4) is 0 Å². The lowest BCUT2D eigenvalue weighted by atomic mass is 9.77. The summed E-state index contributed by atoms with van der Waals surface area (Å²) >= 11 is 0. The van der Waals surface area contributed by atoms with E-state index in [1.54, 1.807) is 0 Å². The van der Waals surface area contributed by atoms with Gasteiger partial charge in [-0.1, -0.05) is 24.3 Å². The molecule has 3 nitrogen and oxygen atoms in total. The van der Waals surface area contributed by atoms with E-state index in [1.807, 2.05) is 12.1 Å². The maximum Gasteiger partial charge on any atom is 0.299 e. The molecule has 0 saturated heterocycles. The van der Waals surface area contributed by atoms with Gasteiger partial charge in [0.2, 0.25) is 0 Å². The van der Waals surface area contributed by atoms with E-state index in [9.17, 15) is 14.0 Å². The van der Waals surface area contributed by atoms with Gasteiger partial charge in [0.05, 0.1) is 11.3 Å². The van der Waals surface area contributed by atoms with Crippen molar-refractivity contribution in [1.82, 2.24) is 0 Å². The Bertz CT molecular complexity index is 784. The summed E-state index contributed by atoms with van der Waals surface area (Å²) in [6.07, 6.45) is 0.907. The molecule has 2 aromatic rings. The molecular formula is C17H12FNO2. The number of nitrogens with zero attached hydrogens (tertiary/aromatic N) is 1. The average molecular weight is 281 g/mol. The van der Waals surface area contributed by atoms with Crippen molar-refractivity contribution in [3.63, 3.8) is 0 Å². The summed E-state index contributed by atoms with van der Waals surface area (Å²) in [6.45, 7) is 0.472. The molecule has 0 radical (unpaired) electrons. The number of hydrogen-bond donors (Lipinski definition) is 0. The maximum absolute atomic E-state index is 13.2. The summed E-state index contributed by atoms with van der Waals surface area (Å²) in [5.41, 5.74) is 3.22. The van der Waals surface area contributed by atoms with Gasteiger partial charge in [-0.2, -0.15) is 0 Å². The van der Waals surface area contributed by atoms with Gasteiger partial charge in [0, 0.05) is 12.5 Å². The van der Waals surface area contributed by atoms with Gasteiger partial charge in [-0.05, 0) is 35.7 Å². The third-order valence-electron chi connectivity index (χ3n) is 4.30. The van der Waals surface area contributed by atoms with Crippen LogP contribution in [0.2, 0.25) is 0 Å². The number of Topliss-reactive ketones (excluding diaryl/α,β-unsaturated/α-hetero) is 1. The molecule has 21 heavy (non-hydrogen) atoms. The highest BCUT2D eigenvalue weighted by atomic mass is 19.1. The van der Waals surface area contributed by atoms with Gasteiger partial charge in [0.1, 0.15) is 5.82 Å². The number of carbonyl (C=O) groups excluding carboxylic acids is 2. The second-order valence-corrected chi connectivity index (χ2v) is 5.51. The normalized spacial score (nSPS) is 19.3. The van der Waals surface area contributed by atoms with E-state index in [1.165, 1.54) is 28.2 Å². The first-order valence-corrected chi connectivity index (χ1v) is 6.88. The minimum absolute atomic E-state index is 0.174. The smallest absolute Gasteiger partial charge is 0.299 e. The van der Waals surface area contributed by atoms with Gasteiger partial charge < -0.3 is 4.90 Å². The van der Waals surface area contributed by atoms with Crippen LogP contribution < -0.4 is 4.90 Å². The van der Waals surface area contributed by atoms with E-state index in [4.69, 9.17) is 0 Å². The van der Waals surface area contributed by atoms with Crippen molar-refractivity contribution in [2.75, 3.05) is 11.4 Å². The lowest BCUT2D eigenvalue weighted by Crippen LogP contribution is -2.37. The van der Waals surface area contributed by atoms with Crippen molar-refractivity contribution in [3.05, 3.63) is 65.0 Å². The topological polar surface area (TPSA) is 37.4 Å². The fourth-order valence-corrected chi connectivity index (χ4v) is 3.20. The standard InChI is InChI=1S/C17H12FNO2/c18-12-5-6-15-14(8-12)16(20)17(21)19(15)9-11-7-10-3-1-2-4-13(10)11/h1-6,8,11H,7,9H2. The molecule has 0 N–H and O–H groups in total. The number of anilines is 1. The number of hydrogen-bond acceptors (Lipinski definition) is 2. The van der Waals surface area contributed by atoms with E-state index in [2.05, 4.69) is 12.1 Å². The first kappa shape index (κ1) is 12.3. The third kappa shape index (κ3) is 1.72. The predicted octanol–water partition coefficient (Wildman–Crippen LogP) is 2.69. The molecule has 1 amide bonds. The number of fused-ring (bicyclic) bond motifs is 2. The summed E-state index contributed by atoms with van der Waals surface area (Å²) < 4.78 is 13.2. The van der Waals surface area contributed by atoms with Gasteiger partial charge in [-0.3, -0.25) is 9.59 Å². The van der Waals surface area contributed by atoms with Crippen molar-refractivity contribution in [3.8, 4) is 0 Å². The number of rotatable bonds is 2. The molecule has 0 saturated carbocycles. The van der Waals surface area contributed by atoms with Gasteiger partial charge in [0.25, 0.3) is 11.7 Å². The number of carbonyl (C=O) groups is 2. The van der Waals surface area contributed by atoms with E-state index >= 15 is 0 Å². The zero-order valence-corrected chi connectivity index (χ0v) is 11.2. The summed E-state index contributed by atoms with van der Waals surface area (Å²) in [7, 11) is 0. The van der Waals surface area contributed by atoms with Gasteiger partial charge >= 0.3 is 0 Å². The fraction of sp³-hybridized carbons (Fsp3) is 0.176. The van der Waals surface area contributed by atoms with Crippen LogP contribution in [-0.4, -0.2) is 18.2 Å². The van der Waals surface area contributed by atoms with Crippen molar-refractivity contribution in [2.45, 2.75) is 12.3 Å². The van der Waals surface area contributed by atoms with Crippen molar-refractivity contribution in [1.29, 1.82) is 0 Å². The lowest BCUT2D eigenvalue weighted by molar-refractivity contribution is -0.114. The summed E-state index contributed by atoms with van der Waals surface area (Å²) in [6, 6.07) is 12.0. The van der Waals surface area contributed by atoms with Gasteiger partial charge in [-0.25, -0.2) is 4.39 Å². The first-order chi connectivity index (χ1) is 10.1. The molecule has 4 rings (SSSR count). The monoisotopic (exact) mass is 281 g/mol. The molecule has 0 fully saturated rings. The largest absolute Gasteiger partial charge is 0.304 e. The van der Waals surface area contributed by atoms with Crippen LogP contribution in [0.1, 0.15) is 27.4 Å². The lowest BCUT2D eigenvalue weighted by Gasteiger charge is -2.33. The van der Waals surface area contributed by atoms with Crippen molar-refractivity contribution >= 4 is 17.4 Å². The van der Waals surface area contributed by atoms with Crippen molar-refractivity contribution < 1.29 is 14.0 Å². The SMILES string of the molecule is O=C1C(=O)N(CC2Cc3ccccc32)c2ccc(F)cc21. The Morgan fingerprint density at radius 3 is 2.76 bits per heavy atom. The first-order valence-electron chi connectivity index (χ1n) is 6.88. The number of benzene rings is 2. The van der Waals surface area contributed by atoms with E-state index in [0.29, 0.717) is 12.2 Å². The summed E-state index contributed by atoms with van der Waals surface area (Å²) in [4.78, 5) is 25.5. The van der Waals surface area contributed by atoms with Crippen LogP contribution >= 0.6 is 0 Å². The Kier molecular flexibility index (Phi) is 2.48. The molecule has 2 aliphatic rings. The van der Waals surface area contributed by atoms with Crippen LogP contribution in [0.5, 0.6) is 0 Å². The Balaban J connectivity index is 1.66. The molecule has 1 aliphatic carbocycles. The van der Waals surface area contributed by atoms with Crippen LogP contribution in [0.4, 0.5) is 10.1 Å². The fourth-order valence-electron chi connectivity index (χ4n) is 3.20. The Labute approximate surface area is 121 Å². The molecule has 4 heteroatoms. The zero-order chi connectivity index (χ0) is 14.6. The highest BCUT2D eigenvalue weighted by molar-refractivity contribution is 6.52. The average Bonchev–Trinajstić information content (AvgIpc) is 2.69. The van der Waals surface area contributed by atoms with Crippen molar-refractivity contribution in [2.24, 2.45) is 0 Å². The minimum atomic E-state index is -0.614. The minimum Gasteiger partial charge on any atom is -0.304 e. The highest BCUT2D eigenvalue weighted by Gasteiger charge is 2.39. The number of ketones is 1. The molecule has 1 atom stereocenters. The maximum atomic E-state index is 13.2. The van der Waals surface area contributed by atoms with E-state index < -0.39 is 17.5 Å². The summed E-state index contributed by atoms with van der Waals surface area (Å²) in [5, 5.41) is 0. The predicted molar refractivity (Wildman–Crippen MR) is 76.0 cm³/mol. The van der Waals surface area contributed by atoms with Crippen LogP contribution in [0.25, 0.3) is 0 Å². The Morgan fingerprint density at radius 1 is 1.14 bits per heavy atom. The molecule has 0 spiro atoms. The molecule has 2 aromatic carbocycles. The summed E-state index contributed by atoms with van der Waals surface area (Å²) in [5.74, 6) is -1.42. The third-order valence-corrected chi connectivity index (χ3v) is 4.30. The molecular weight excluding hydrogens is 269 g/mol. The molecule has 0 bridgehead atoms.